The summed E-state index contributed by atoms with van der Waals surface area (Å²) in [5.41, 5.74) is 2.47. The lowest BCUT2D eigenvalue weighted by molar-refractivity contribution is 0.242. The summed E-state index contributed by atoms with van der Waals surface area (Å²) < 4.78 is 5.64. The van der Waals surface area contributed by atoms with Gasteiger partial charge < -0.3 is 15.0 Å². The third-order valence-electron chi connectivity index (χ3n) is 3.01. The second kappa shape index (κ2) is 6.43. The molecule has 1 heterocycles. The average molecular weight is 258 g/mol. The number of hydrogen-bond donors (Lipinski definition) is 2. The minimum absolute atomic E-state index is 0.217. The van der Waals surface area contributed by atoms with Crippen LogP contribution in [0.5, 0.6) is 5.75 Å². The molecule has 1 aromatic carbocycles. The average Bonchev–Trinajstić information content (AvgIpc) is 2.89. The van der Waals surface area contributed by atoms with Gasteiger partial charge in [-0.1, -0.05) is 12.1 Å². The summed E-state index contributed by atoms with van der Waals surface area (Å²) in [7, 11) is 0. The van der Waals surface area contributed by atoms with Gasteiger partial charge in [-0.15, -0.1) is 0 Å². The predicted octanol–water partition coefficient (Wildman–Crippen LogP) is 3.65. The van der Waals surface area contributed by atoms with Crippen molar-refractivity contribution in [1.29, 1.82) is 0 Å². The number of rotatable bonds is 6. The van der Waals surface area contributed by atoms with Gasteiger partial charge >= 0.3 is 0 Å². The van der Waals surface area contributed by atoms with Crippen molar-refractivity contribution in [3.05, 3.63) is 53.9 Å². The normalized spacial score (nSPS) is 12.6. The van der Waals surface area contributed by atoms with E-state index in [0.29, 0.717) is 6.04 Å². The Balaban J connectivity index is 1.90. The minimum Gasteiger partial charge on any atom is -0.491 e. The topological polar surface area (TPSA) is 37.0 Å². The molecular weight excluding hydrogens is 236 g/mol. The van der Waals surface area contributed by atoms with Gasteiger partial charge in [0, 0.05) is 24.5 Å². The molecule has 0 saturated carbocycles. The van der Waals surface area contributed by atoms with Crippen molar-refractivity contribution in [1.82, 2.24) is 10.3 Å². The molecule has 3 heteroatoms. The molecule has 0 fully saturated rings. The summed E-state index contributed by atoms with van der Waals surface area (Å²) in [6, 6.07) is 12.7. The highest BCUT2D eigenvalue weighted by Crippen LogP contribution is 2.18. The molecule has 0 aliphatic heterocycles. The Labute approximate surface area is 115 Å². The van der Waals surface area contributed by atoms with E-state index in [1.54, 1.807) is 0 Å². The molecule has 1 aromatic heterocycles. The highest BCUT2D eigenvalue weighted by molar-refractivity contribution is 5.29. The molecule has 2 rings (SSSR count). The van der Waals surface area contributed by atoms with Crippen molar-refractivity contribution in [3.63, 3.8) is 0 Å². The molecule has 19 heavy (non-hydrogen) atoms. The van der Waals surface area contributed by atoms with Gasteiger partial charge in [0.15, 0.2) is 0 Å². The molecule has 1 unspecified atom stereocenters. The monoisotopic (exact) mass is 258 g/mol. The van der Waals surface area contributed by atoms with Crippen LogP contribution >= 0.6 is 0 Å². The fraction of sp³-hybridized carbons (Fsp3) is 0.375. The van der Waals surface area contributed by atoms with Gasteiger partial charge in [-0.2, -0.15) is 0 Å². The molecule has 2 aromatic rings. The van der Waals surface area contributed by atoms with Gasteiger partial charge in [0.05, 0.1) is 6.10 Å². The molecule has 1 atom stereocenters. The van der Waals surface area contributed by atoms with Crippen LogP contribution in [0.1, 0.15) is 38.1 Å². The molecule has 3 nitrogen and oxygen atoms in total. The van der Waals surface area contributed by atoms with Crippen LogP contribution in [0.15, 0.2) is 42.6 Å². The van der Waals surface area contributed by atoms with E-state index in [1.165, 1.54) is 11.3 Å². The molecule has 0 aliphatic rings. The minimum atomic E-state index is 0.217. The number of benzene rings is 1. The Morgan fingerprint density at radius 3 is 2.42 bits per heavy atom. The van der Waals surface area contributed by atoms with Crippen molar-refractivity contribution in [2.24, 2.45) is 0 Å². The number of H-pyrrole nitrogens is 1. The van der Waals surface area contributed by atoms with E-state index in [1.807, 2.05) is 38.2 Å². The molecule has 0 amide bonds. The lowest BCUT2D eigenvalue weighted by Gasteiger charge is -2.15. The number of aromatic nitrogens is 1. The highest BCUT2D eigenvalue weighted by Gasteiger charge is 2.05. The lowest BCUT2D eigenvalue weighted by Crippen LogP contribution is -2.18. The Bertz CT molecular complexity index is 474. The maximum atomic E-state index is 5.64. The van der Waals surface area contributed by atoms with Crippen LogP contribution in [0.25, 0.3) is 0 Å². The zero-order chi connectivity index (χ0) is 13.7. The number of aromatic amines is 1. The van der Waals surface area contributed by atoms with Crippen molar-refractivity contribution in [3.8, 4) is 5.75 Å². The summed E-state index contributed by atoms with van der Waals surface area (Å²) in [4.78, 5) is 3.19. The summed E-state index contributed by atoms with van der Waals surface area (Å²) in [6.07, 6.45) is 2.16. The second-order valence-corrected chi connectivity index (χ2v) is 5.03. The Hall–Kier alpha value is -1.74. The Morgan fingerprint density at radius 2 is 1.84 bits per heavy atom. The first kappa shape index (κ1) is 13.7. The van der Waals surface area contributed by atoms with Crippen LogP contribution < -0.4 is 10.1 Å². The van der Waals surface area contributed by atoms with E-state index in [2.05, 4.69) is 35.4 Å². The van der Waals surface area contributed by atoms with Crippen LogP contribution in [0.4, 0.5) is 0 Å². The third kappa shape index (κ3) is 4.14. The van der Waals surface area contributed by atoms with Gasteiger partial charge in [0.1, 0.15) is 5.75 Å². The fourth-order valence-corrected chi connectivity index (χ4v) is 1.97. The van der Waals surface area contributed by atoms with Gasteiger partial charge in [-0.25, -0.2) is 0 Å². The van der Waals surface area contributed by atoms with Crippen LogP contribution in [0.2, 0.25) is 0 Å². The molecule has 2 N–H and O–H groups in total. The van der Waals surface area contributed by atoms with Crippen LogP contribution in [0, 0.1) is 0 Å². The van der Waals surface area contributed by atoms with Crippen LogP contribution in [0.3, 0.4) is 0 Å². The van der Waals surface area contributed by atoms with Crippen molar-refractivity contribution in [2.45, 2.75) is 39.5 Å². The van der Waals surface area contributed by atoms with E-state index in [4.69, 9.17) is 4.74 Å². The second-order valence-electron chi connectivity index (χ2n) is 5.03. The quantitative estimate of drug-likeness (QED) is 0.829. The van der Waals surface area contributed by atoms with Crippen LogP contribution in [-0.2, 0) is 6.54 Å². The standard InChI is InChI=1S/C16H22N2O/c1-12(2)19-16-8-6-14(7-9-16)13(3)18-11-15-5-4-10-17-15/h4-10,12-13,17-18H,11H2,1-3H3. The van der Waals surface area contributed by atoms with Gasteiger partial charge in [0.2, 0.25) is 0 Å². The summed E-state index contributed by atoms with van der Waals surface area (Å²) in [5, 5.41) is 3.49. The molecule has 0 bridgehead atoms. The summed E-state index contributed by atoms with van der Waals surface area (Å²) in [6.45, 7) is 7.09. The number of ether oxygens (including phenoxy) is 1. The Kier molecular flexibility index (Phi) is 4.63. The van der Waals surface area contributed by atoms with Gasteiger partial charge in [-0.05, 0) is 50.6 Å². The van der Waals surface area contributed by atoms with Crippen molar-refractivity contribution in [2.75, 3.05) is 0 Å². The maximum Gasteiger partial charge on any atom is 0.119 e. The van der Waals surface area contributed by atoms with Gasteiger partial charge in [0.25, 0.3) is 0 Å². The maximum absolute atomic E-state index is 5.64. The zero-order valence-electron chi connectivity index (χ0n) is 11.8. The number of nitrogens with one attached hydrogen (secondary N) is 2. The van der Waals surface area contributed by atoms with Gasteiger partial charge in [-0.3, -0.25) is 0 Å². The zero-order valence-corrected chi connectivity index (χ0v) is 11.8. The summed E-state index contributed by atoms with van der Waals surface area (Å²) in [5.74, 6) is 0.926. The highest BCUT2D eigenvalue weighted by atomic mass is 16.5. The molecule has 0 spiro atoms. The van der Waals surface area contributed by atoms with Crippen molar-refractivity contribution >= 4 is 0 Å². The molecular formula is C16H22N2O. The van der Waals surface area contributed by atoms with E-state index in [9.17, 15) is 0 Å². The molecule has 0 saturated heterocycles. The van der Waals surface area contributed by atoms with Crippen molar-refractivity contribution < 1.29 is 4.74 Å². The van der Waals surface area contributed by atoms with Crippen LogP contribution in [-0.4, -0.2) is 11.1 Å². The van der Waals surface area contributed by atoms with E-state index in [0.717, 1.165) is 12.3 Å². The first-order valence-electron chi connectivity index (χ1n) is 6.77. The largest absolute Gasteiger partial charge is 0.491 e. The molecule has 0 aliphatic carbocycles. The molecule has 0 radical (unpaired) electrons. The van der Waals surface area contributed by atoms with E-state index < -0.39 is 0 Å². The van der Waals surface area contributed by atoms with E-state index in [-0.39, 0.29) is 6.10 Å². The smallest absolute Gasteiger partial charge is 0.119 e. The first-order valence-corrected chi connectivity index (χ1v) is 6.77. The third-order valence-corrected chi connectivity index (χ3v) is 3.01. The predicted molar refractivity (Wildman–Crippen MR) is 78.3 cm³/mol. The fourth-order valence-electron chi connectivity index (χ4n) is 1.97. The Morgan fingerprint density at radius 1 is 1.11 bits per heavy atom. The SMILES string of the molecule is CC(C)Oc1ccc(C(C)NCc2ccc[nH]2)cc1. The van der Waals surface area contributed by atoms with E-state index >= 15 is 0 Å². The summed E-state index contributed by atoms with van der Waals surface area (Å²) >= 11 is 0. The molecule has 102 valence electrons. The number of hydrogen-bond acceptors (Lipinski definition) is 2. The first-order chi connectivity index (χ1) is 9.15. The lowest BCUT2D eigenvalue weighted by atomic mass is 10.1.